The summed E-state index contributed by atoms with van der Waals surface area (Å²) in [5.41, 5.74) is 2.03. The van der Waals surface area contributed by atoms with E-state index in [-0.39, 0.29) is 49.1 Å². The summed E-state index contributed by atoms with van der Waals surface area (Å²) in [4.78, 5) is 12.2. The number of ketones is 1. The van der Waals surface area contributed by atoms with Gasteiger partial charge in [0.25, 0.3) is 0 Å². The number of aliphatic hydroxyl groups is 1. The third-order valence-corrected chi connectivity index (χ3v) is 4.33. The van der Waals surface area contributed by atoms with Gasteiger partial charge in [0.05, 0.1) is 0 Å². The Hall–Kier alpha value is -0.687. The van der Waals surface area contributed by atoms with E-state index >= 15 is 0 Å². The number of hydrogen-bond donors (Lipinski definition) is 1. The van der Waals surface area contributed by atoms with E-state index in [4.69, 9.17) is 0 Å². The number of carbonyl (C=O) groups is 1. The molecule has 2 nitrogen and oxygen atoms in total. The Morgan fingerprint density at radius 2 is 1.64 bits per heavy atom. The molecular formula is C19H26O2Zr. The monoisotopic (exact) mass is 376 g/mol. The maximum absolute atomic E-state index is 12.2. The fraction of sp³-hybridized carbons (Fsp3) is 0.526. The van der Waals surface area contributed by atoms with Gasteiger partial charge in [-0.1, -0.05) is 64.3 Å². The van der Waals surface area contributed by atoms with Crippen LogP contribution in [0.2, 0.25) is 0 Å². The van der Waals surface area contributed by atoms with Crippen molar-refractivity contribution >= 4 is 11.5 Å². The van der Waals surface area contributed by atoms with Crippen molar-refractivity contribution in [1.29, 1.82) is 0 Å². The first-order chi connectivity index (χ1) is 9.88. The van der Waals surface area contributed by atoms with E-state index in [0.717, 1.165) is 25.7 Å². The van der Waals surface area contributed by atoms with Crippen LogP contribution < -0.4 is 0 Å². The minimum atomic E-state index is 0. The zero-order chi connectivity index (χ0) is 15.5. The summed E-state index contributed by atoms with van der Waals surface area (Å²) >= 11 is 0. The minimum Gasteiger partial charge on any atom is -0.507 e. The molecule has 1 aromatic carbocycles. The van der Waals surface area contributed by atoms with E-state index < -0.39 is 0 Å². The van der Waals surface area contributed by atoms with Crippen LogP contribution in [0.5, 0.6) is 0 Å². The quantitative estimate of drug-likeness (QED) is 0.592. The summed E-state index contributed by atoms with van der Waals surface area (Å²) in [6, 6.07) is 7.82. The van der Waals surface area contributed by atoms with Gasteiger partial charge in [0, 0.05) is 43.8 Å². The molecule has 1 aliphatic rings. The van der Waals surface area contributed by atoms with Crippen molar-refractivity contribution < 1.29 is 36.1 Å². The number of hydrogen-bond acceptors (Lipinski definition) is 2. The molecule has 0 bridgehead atoms. The van der Waals surface area contributed by atoms with Crippen LogP contribution in [0.15, 0.2) is 30.3 Å². The molecular weight excluding hydrogens is 351 g/mol. The molecule has 0 heterocycles. The molecule has 22 heavy (non-hydrogen) atoms. The summed E-state index contributed by atoms with van der Waals surface area (Å²) in [6.45, 7) is 6.47. The van der Waals surface area contributed by atoms with Crippen molar-refractivity contribution in [1.82, 2.24) is 0 Å². The molecule has 0 saturated heterocycles. The minimum absolute atomic E-state index is 0. The maximum Gasteiger partial charge on any atom is 0.162 e. The van der Waals surface area contributed by atoms with E-state index in [0.29, 0.717) is 5.56 Å². The number of aliphatic hydroxyl groups excluding tert-OH is 1. The fourth-order valence-corrected chi connectivity index (χ4v) is 2.86. The largest absolute Gasteiger partial charge is 0.507 e. The van der Waals surface area contributed by atoms with E-state index in [9.17, 15) is 9.90 Å². The van der Waals surface area contributed by atoms with Gasteiger partial charge in [0.2, 0.25) is 0 Å². The molecule has 1 fully saturated rings. The Kier molecular flexibility index (Phi) is 7.26. The Bertz CT molecular complexity index is 517. The molecule has 0 aromatic heterocycles. The van der Waals surface area contributed by atoms with Crippen LogP contribution in [0.3, 0.4) is 0 Å². The van der Waals surface area contributed by atoms with E-state index in [1.807, 2.05) is 24.3 Å². The van der Waals surface area contributed by atoms with Gasteiger partial charge in [0.15, 0.2) is 5.78 Å². The number of allylic oxidation sites excluding steroid dienone is 1. The third kappa shape index (κ3) is 5.19. The first-order valence-electron chi connectivity index (χ1n) is 7.93. The normalized spacial score (nSPS) is 17.0. The van der Waals surface area contributed by atoms with Crippen LogP contribution in [0, 0.1) is 5.92 Å². The Morgan fingerprint density at radius 1 is 1.09 bits per heavy atom. The second-order valence-corrected chi connectivity index (χ2v) is 7.09. The van der Waals surface area contributed by atoms with Gasteiger partial charge in [-0.05, 0) is 23.8 Å². The van der Waals surface area contributed by atoms with Gasteiger partial charge in [-0.15, -0.1) is 0 Å². The first-order valence-corrected chi connectivity index (χ1v) is 7.93. The molecule has 1 N–H and O–H groups in total. The van der Waals surface area contributed by atoms with Crippen molar-refractivity contribution in [3.63, 3.8) is 0 Å². The molecule has 118 valence electrons. The van der Waals surface area contributed by atoms with Gasteiger partial charge in [-0.25, -0.2) is 0 Å². The first kappa shape index (κ1) is 19.4. The second kappa shape index (κ2) is 8.25. The fourth-order valence-electron chi connectivity index (χ4n) is 2.86. The Morgan fingerprint density at radius 3 is 2.14 bits per heavy atom. The van der Waals surface area contributed by atoms with Gasteiger partial charge in [-0.2, -0.15) is 0 Å². The SMILES string of the molecule is CC(C)(C)c1ccc(/C(O)=C/C(=O)C2CCCCC2)cc1.[Zr]. The number of rotatable bonds is 3. The number of carbonyl (C=O) groups excluding carboxylic acids is 1. The van der Waals surface area contributed by atoms with E-state index in [1.165, 1.54) is 18.1 Å². The molecule has 0 aliphatic heterocycles. The van der Waals surface area contributed by atoms with E-state index in [1.54, 1.807) is 0 Å². The van der Waals surface area contributed by atoms with Crippen LogP contribution in [-0.2, 0) is 36.4 Å². The van der Waals surface area contributed by atoms with Crippen molar-refractivity contribution in [2.75, 3.05) is 0 Å². The predicted octanol–water partition coefficient (Wildman–Crippen LogP) is 5.03. The van der Waals surface area contributed by atoms with Gasteiger partial charge >= 0.3 is 0 Å². The summed E-state index contributed by atoms with van der Waals surface area (Å²) in [5.74, 6) is 0.271. The summed E-state index contributed by atoms with van der Waals surface area (Å²) < 4.78 is 0. The van der Waals surface area contributed by atoms with Crippen LogP contribution in [0.1, 0.15) is 64.0 Å². The van der Waals surface area contributed by atoms with Crippen LogP contribution >= 0.6 is 0 Å². The van der Waals surface area contributed by atoms with Crippen LogP contribution in [0.25, 0.3) is 5.76 Å². The molecule has 1 aliphatic carbocycles. The predicted molar refractivity (Wildman–Crippen MR) is 87.3 cm³/mol. The van der Waals surface area contributed by atoms with Crippen molar-refractivity contribution in [3.05, 3.63) is 41.5 Å². The Labute approximate surface area is 153 Å². The second-order valence-electron chi connectivity index (χ2n) is 7.09. The molecule has 0 amide bonds. The average Bonchev–Trinajstić information content (AvgIpc) is 2.47. The van der Waals surface area contributed by atoms with Crippen molar-refractivity contribution in [3.8, 4) is 0 Å². The van der Waals surface area contributed by atoms with Gasteiger partial charge in [-0.3, -0.25) is 4.79 Å². The molecule has 0 atom stereocenters. The molecule has 1 aromatic rings. The zero-order valence-corrected chi connectivity index (χ0v) is 16.3. The third-order valence-electron chi connectivity index (χ3n) is 4.33. The summed E-state index contributed by atoms with van der Waals surface area (Å²) in [7, 11) is 0. The van der Waals surface area contributed by atoms with Gasteiger partial charge < -0.3 is 5.11 Å². The standard InChI is InChI=1S/C19H26O2.Zr/c1-19(2,3)16-11-9-15(10-12-16)18(21)13-17(20)14-7-5-4-6-8-14;/h9-14,21H,4-8H2,1-3H3;/b18-13-;. The average molecular weight is 378 g/mol. The zero-order valence-electron chi connectivity index (χ0n) is 13.9. The molecule has 0 unspecified atom stereocenters. The molecule has 0 radical (unpaired) electrons. The molecule has 0 spiro atoms. The molecule has 2 rings (SSSR count). The smallest absolute Gasteiger partial charge is 0.162 e. The van der Waals surface area contributed by atoms with Crippen LogP contribution in [-0.4, -0.2) is 10.9 Å². The topological polar surface area (TPSA) is 37.3 Å². The summed E-state index contributed by atoms with van der Waals surface area (Å²) in [6.07, 6.45) is 6.84. The number of benzene rings is 1. The molecule has 3 heteroatoms. The van der Waals surface area contributed by atoms with E-state index in [2.05, 4.69) is 20.8 Å². The van der Waals surface area contributed by atoms with Crippen LogP contribution in [0.4, 0.5) is 0 Å². The van der Waals surface area contributed by atoms with Crippen molar-refractivity contribution in [2.45, 2.75) is 58.3 Å². The molecule has 1 saturated carbocycles. The Balaban J connectivity index is 0.00000242. The van der Waals surface area contributed by atoms with Crippen molar-refractivity contribution in [2.24, 2.45) is 5.92 Å². The summed E-state index contributed by atoms with van der Waals surface area (Å²) in [5, 5.41) is 10.2. The van der Waals surface area contributed by atoms with Gasteiger partial charge in [0.1, 0.15) is 5.76 Å². The maximum atomic E-state index is 12.2.